The summed E-state index contributed by atoms with van der Waals surface area (Å²) in [6.45, 7) is 1.93. The molecule has 0 aliphatic heterocycles. The van der Waals surface area contributed by atoms with Gasteiger partial charge in [0.15, 0.2) is 6.29 Å². The van der Waals surface area contributed by atoms with E-state index in [1.165, 1.54) is 0 Å². The van der Waals surface area contributed by atoms with Crippen molar-refractivity contribution in [2.24, 2.45) is 0 Å². The predicted molar refractivity (Wildman–Crippen MR) is 48.0 cm³/mol. The zero-order valence-electron chi connectivity index (χ0n) is 6.57. The van der Waals surface area contributed by atoms with E-state index in [1.807, 2.05) is 24.5 Å². The molecule has 0 unspecified atom stereocenters. The number of rotatable bonds is 2. The largest absolute Gasteiger partial charge is 0.298 e. The summed E-state index contributed by atoms with van der Waals surface area (Å²) in [5, 5.41) is 10.4. The van der Waals surface area contributed by atoms with Gasteiger partial charge in [0.2, 0.25) is 0 Å². The molecule has 0 aliphatic rings. The van der Waals surface area contributed by atoms with Crippen LogP contribution in [0.3, 0.4) is 0 Å². The molecule has 0 radical (unpaired) electrons. The SMILES string of the molecule is Cc1ccc(C=O)c(SC#N)c1. The van der Waals surface area contributed by atoms with Crippen molar-refractivity contribution in [1.82, 2.24) is 0 Å². The number of aryl methyl sites for hydroxylation is 1. The average molecular weight is 177 g/mol. The summed E-state index contributed by atoms with van der Waals surface area (Å²) >= 11 is 1.01. The van der Waals surface area contributed by atoms with Crippen LogP contribution >= 0.6 is 11.8 Å². The Bertz CT molecular complexity index is 341. The minimum atomic E-state index is 0.576. The highest BCUT2D eigenvalue weighted by Gasteiger charge is 2.01. The summed E-state index contributed by atoms with van der Waals surface area (Å²) in [4.78, 5) is 11.2. The van der Waals surface area contributed by atoms with Crippen molar-refractivity contribution in [3.8, 4) is 5.40 Å². The van der Waals surface area contributed by atoms with Gasteiger partial charge in [-0.2, -0.15) is 5.26 Å². The molecule has 0 saturated carbocycles. The van der Waals surface area contributed by atoms with Gasteiger partial charge in [0, 0.05) is 10.5 Å². The van der Waals surface area contributed by atoms with Crippen LogP contribution in [-0.2, 0) is 0 Å². The van der Waals surface area contributed by atoms with E-state index in [2.05, 4.69) is 0 Å². The van der Waals surface area contributed by atoms with E-state index < -0.39 is 0 Å². The van der Waals surface area contributed by atoms with Crippen molar-refractivity contribution in [2.45, 2.75) is 11.8 Å². The van der Waals surface area contributed by atoms with Gasteiger partial charge < -0.3 is 0 Å². The van der Waals surface area contributed by atoms with Crippen LogP contribution in [0.5, 0.6) is 0 Å². The molecule has 0 fully saturated rings. The number of thioether (sulfide) groups is 1. The van der Waals surface area contributed by atoms with Crippen LogP contribution in [0.1, 0.15) is 15.9 Å². The molecular weight excluding hydrogens is 170 g/mol. The molecule has 1 rings (SSSR count). The number of carbonyl (C=O) groups is 1. The highest BCUT2D eigenvalue weighted by Crippen LogP contribution is 2.21. The number of hydrogen-bond donors (Lipinski definition) is 0. The Hall–Kier alpha value is -1.27. The van der Waals surface area contributed by atoms with Crippen molar-refractivity contribution < 1.29 is 4.79 Å². The van der Waals surface area contributed by atoms with E-state index in [0.29, 0.717) is 5.56 Å². The van der Waals surface area contributed by atoms with E-state index in [-0.39, 0.29) is 0 Å². The first-order valence-corrected chi connectivity index (χ1v) is 4.21. The van der Waals surface area contributed by atoms with Gasteiger partial charge in [0.05, 0.1) is 0 Å². The quantitative estimate of drug-likeness (QED) is 0.395. The van der Waals surface area contributed by atoms with Crippen LogP contribution in [-0.4, -0.2) is 6.29 Å². The molecule has 0 spiro atoms. The van der Waals surface area contributed by atoms with E-state index in [1.54, 1.807) is 6.07 Å². The van der Waals surface area contributed by atoms with Crippen molar-refractivity contribution in [2.75, 3.05) is 0 Å². The lowest BCUT2D eigenvalue weighted by Gasteiger charge is -1.99. The number of benzene rings is 1. The molecule has 0 N–H and O–H groups in total. The summed E-state index contributed by atoms with van der Waals surface area (Å²) in [6.07, 6.45) is 0.763. The van der Waals surface area contributed by atoms with Crippen LogP contribution in [0.15, 0.2) is 23.1 Å². The highest BCUT2D eigenvalue weighted by atomic mass is 32.2. The van der Waals surface area contributed by atoms with E-state index in [0.717, 1.165) is 28.5 Å². The fourth-order valence-corrected chi connectivity index (χ4v) is 1.45. The van der Waals surface area contributed by atoms with Crippen molar-refractivity contribution in [3.63, 3.8) is 0 Å². The average Bonchev–Trinajstić information content (AvgIpc) is 2.05. The van der Waals surface area contributed by atoms with Gasteiger partial charge in [-0.05, 0) is 30.3 Å². The Labute approximate surface area is 75.2 Å². The molecule has 60 valence electrons. The summed E-state index contributed by atoms with van der Waals surface area (Å²) in [5.41, 5.74) is 1.63. The van der Waals surface area contributed by atoms with Crippen LogP contribution in [0, 0.1) is 17.6 Å². The van der Waals surface area contributed by atoms with Gasteiger partial charge in [-0.1, -0.05) is 12.1 Å². The first-order valence-electron chi connectivity index (χ1n) is 3.39. The molecule has 12 heavy (non-hydrogen) atoms. The summed E-state index contributed by atoms with van der Waals surface area (Å²) < 4.78 is 0. The minimum absolute atomic E-state index is 0.576. The number of aldehydes is 1. The molecule has 0 heterocycles. The minimum Gasteiger partial charge on any atom is -0.298 e. The molecule has 0 saturated heterocycles. The van der Waals surface area contributed by atoms with Gasteiger partial charge >= 0.3 is 0 Å². The summed E-state index contributed by atoms with van der Waals surface area (Å²) in [6, 6.07) is 5.41. The molecule has 0 atom stereocenters. The van der Waals surface area contributed by atoms with Crippen molar-refractivity contribution in [3.05, 3.63) is 29.3 Å². The van der Waals surface area contributed by atoms with E-state index in [4.69, 9.17) is 5.26 Å². The molecule has 2 nitrogen and oxygen atoms in total. The van der Waals surface area contributed by atoms with E-state index >= 15 is 0 Å². The maximum atomic E-state index is 10.5. The number of nitrogens with zero attached hydrogens (tertiary/aromatic N) is 1. The number of thiocyanates is 1. The fraction of sp³-hybridized carbons (Fsp3) is 0.111. The monoisotopic (exact) mass is 177 g/mol. The van der Waals surface area contributed by atoms with Gasteiger partial charge in [-0.15, -0.1) is 0 Å². The van der Waals surface area contributed by atoms with E-state index in [9.17, 15) is 4.79 Å². The second-order valence-corrected chi connectivity index (χ2v) is 3.18. The third kappa shape index (κ3) is 1.86. The second kappa shape index (κ2) is 3.93. The van der Waals surface area contributed by atoms with Crippen LogP contribution < -0.4 is 0 Å². The lowest BCUT2D eigenvalue weighted by atomic mass is 10.2. The van der Waals surface area contributed by atoms with Crippen LogP contribution in [0.4, 0.5) is 0 Å². The van der Waals surface area contributed by atoms with Gasteiger partial charge in [-0.25, -0.2) is 0 Å². The number of nitriles is 1. The maximum absolute atomic E-state index is 10.5. The standard InChI is InChI=1S/C9H7NOS/c1-7-2-3-8(5-11)9(4-7)12-6-10/h2-5H,1H3. The lowest BCUT2D eigenvalue weighted by Crippen LogP contribution is -1.84. The first kappa shape index (κ1) is 8.82. The first-order chi connectivity index (χ1) is 5.77. The summed E-state index contributed by atoms with van der Waals surface area (Å²) in [7, 11) is 0. The summed E-state index contributed by atoms with van der Waals surface area (Å²) in [5.74, 6) is 0. The third-order valence-corrected chi connectivity index (χ3v) is 2.12. The molecule has 0 aliphatic carbocycles. The molecule has 0 aromatic heterocycles. The fourth-order valence-electron chi connectivity index (χ4n) is 0.877. The molecule has 0 amide bonds. The van der Waals surface area contributed by atoms with Gasteiger partial charge in [0.25, 0.3) is 0 Å². The Morgan fingerprint density at radius 2 is 2.33 bits per heavy atom. The molecule has 3 heteroatoms. The zero-order valence-corrected chi connectivity index (χ0v) is 7.39. The number of hydrogen-bond acceptors (Lipinski definition) is 3. The molecule has 1 aromatic rings. The van der Waals surface area contributed by atoms with Gasteiger partial charge in [0.1, 0.15) is 5.40 Å². The lowest BCUT2D eigenvalue weighted by molar-refractivity contribution is 0.112. The van der Waals surface area contributed by atoms with Crippen molar-refractivity contribution in [1.29, 1.82) is 5.26 Å². The smallest absolute Gasteiger partial charge is 0.151 e. The zero-order chi connectivity index (χ0) is 8.97. The van der Waals surface area contributed by atoms with Crippen LogP contribution in [0.2, 0.25) is 0 Å². The Morgan fingerprint density at radius 3 is 2.92 bits per heavy atom. The highest BCUT2D eigenvalue weighted by molar-refractivity contribution is 8.03. The topological polar surface area (TPSA) is 40.9 Å². The number of carbonyl (C=O) groups excluding carboxylic acids is 1. The van der Waals surface area contributed by atoms with Gasteiger partial charge in [-0.3, -0.25) is 4.79 Å². The normalized spacial score (nSPS) is 9.00. The Balaban J connectivity index is 3.14. The Kier molecular flexibility index (Phi) is 2.89. The molecule has 0 bridgehead atoms. The molecule has 1 aromatic carbocycles. The van der Waals surface area contributed by atoms with Crippen molar-refractivity contribution >= 4 is 18.0 Å². The predicted octanol–water partition coefficient (Wildman–Crippen LogP) is 2.38. The third-order valence-electron chi connectivity index (χ3n) is 1.45. The second-order valence-electron chi connectivity index (χ2n) is 2.35. The molecular formula is C9H7NOS. The maximum Gasteiger partial charge on any atom is 0.151 e. The van der Waals surface area contributed by atoms with Crippen LogP contribution in [0.25, 0.3) is 0 Å². The Morgan fingerprint density at radius 1 is 1.58 bits per heavy atom.